The van der Waals surface area contributed by atoms with Crippen LogP contribution < -0.4 is 5.73 Å². The predicted molar refractivity (Wildman–Crippen MR) is 77.5 cm³/mol. The van der Waals surface area contributed by atoms with Gasteiger partial charge in [-0.2, -0.15) is 0 Å². The number of imidazole rings is 1. The molecule has 4 heteroatoms. The monoisotopic (exact) mass is 273 g/mol. The van der Waals surface area contributed by atoms with Crippen LogP contribution in [-0.4, -0.2) is 9.55 Å². The van der Waals surface area contributed by atoms with Gasteiger partial charge in [0.05, 0.1) is 17.7 Å². The third-order valence-corrected chi connectivity index (χ3v) is 4.09. The lowest BCUT2D eigenvalue weighted by Gasteiger charge is -2.19. The number of fused-ring (bicyclic) bond motifs is 1. The zero-order chi connectivity index (χ0) is 14.3. The van der Waals surface area contributed by atoms with Crippen molar-refractivity contribution in [1.82, 2.24) is 9.55 Å². The maximum absolute atomic E-state index is 13.8. The highest BCUT2D eigenvalue weighted by Crippen LogP contribution is 2.28. The molecule has 1 atom stereocenters. The van der Waals surface area contributed by atoms with E-state index < -0.39 is 0 Å². The molecule has 0 spiro atoms. The van der Waals surface area contributed by atoms with Gasteiger partial charge in [-0.25, -0.2) is 9.37 Å². The number of aryl methyl sites for hydroxylation is 2. The molecule has 106 valence electrons. The van der Waals surface area contributed by atoms with E-state index >= 15 is 0 Å². The Labute approximate surface area is 118 Å². The highest BCUT2D eigenvalue weighted by Gasteiger charge is 2.19. The second-order valence-electron chi connectivity index (χ2n) is 5.66. The molecule has 0 fully saturated rings. The lowest BCUT2D eigenvalue weighted by atomic mass is 9.99. The zero-order valence-corrected chi connectivity index (χ0v) is 12.0. The molecule has 0 saturated carbocycles. The van der Waals surface area contributed by atoms with Gasteiger partial charge in [0, 0.05) is 11.7 Å². The molecule has 0 aliphatic heterocycles. The molecular formula is C16H20FN3. The van der Waals surface area contributed by atoms with Gasteiger partial charge in [0.1, 0.15) is 5.82 Å². The first-order chi connectivity index (χ1) is 9.58. The van der Waals surface area contributed by atoms with E-state index in [1.54, 1.807) is 13.0 Å². The molecule has 0 saturated heterocycles. The van der Waals surface area contributed by atoms with Gasteiger partial charge in [-0.15, -0.1) is 0 Å². The van der Waals surface area contributed by atoms with E-state index in [1.807, 2.05) is 19.3 Å². The molecule has 1 aliphatic rings. The van der Waals surface area contributed by atoms with Gasteiger partial charge in [0.15, 0.2) is 0 Å². The second kappa shape index (κ2) is 5.02. The van der Waals surface area contributed by atoms with Crippen LogP contribution in [0.3, 0.4) is 0 Å². The van der Waals surface area contributed by atoms with Crippen molar-refractivity contribution >= 4 is 0 Å². The molecule has 2 N–H and O–H groups in total. The van der Waals surface area contributed by atoms with Crippen molar-refractivity contribution in [1.29, 1.82) is 0 Å². The number of nitrogens with zero attached hydrogens (tertiary/aromatic N) is 2. The van der Waals surface area contributed by atoms with Crippen LogP contribution in [0, 0.1) is 12.7 Å². The van der Waals surface area contributed by atoms with E-state index in [4.69, 9.17) is 5.73 Å². The van der Waals surface area contributed by atoms with Gasteiger partial charge in [-0.3, -0.25) is 0 Å². The van der Waals surface area contributed by atoms with Crippen LogP contribution in [0.2, 0.25) is 0 Å². The molecule has 0 amide bonds. The maximum Gasteiger partial charge on any atom is 0.126 e. The second-order valence-corrected chi connectivity index (χ2v) is 5.66. The lowest BCUT2D eigenvalue weighted by molar-refractivity contribution is 0.610. The number of aromatic nitrogens is 2. The third kappa shape index (κ3) is 2.14. The summed E-state index contributed by atoms with van der Waals surface area (Å²) < 4.78 is 15.9. The standard InChI is InChI=1S/C16H20FN3/c1-10-7-16(12(11(2)18)8-13(10)17)20-9-19-14-5-3-4-6-15(14)20/h7-9,11H,3-6,18H2,1-2H3/t11-/m1/s1. The number of benzene rings is 1. The summed E-state index contributed by atoms with van der Waals surface area (Å²) in [5.41, 5.74) is 10.9. The smallest absolute Gasteiger partial charge is 0.126 e. The van der Waals surface area contributed by atoms with Crippen LogP contribution in [0.25, 0.3) is 5.69 Å². The molecule has 1 aromatic heterocycles. The summed E-state index contributed by atoms with van der Waals surface area (Å²) in [6.45, 7) is 3.67. The van der Waals surface area contributed by atoms with Crippen LogP contribution >= 0.6 is 0 Å². The summed E-state index contributed by atoms with van der Waals surface area (Å²) in [5, 5.41) is 0. The fraction of sp³-hybridized carbons (Fsp3) is 0.438. The normalized spacial score (nSPS) is 16.0. The zero-order valence-electron chi connectivity index (χ0n) is 12.0. The number of hydrogen-bond acceptors (Lipinski definition) is 2. The molecule has 0 bridgehead atoms. The van der Waals surface area contributed by atoms with E-state index in [2.05, 4.69) is 9.55 Å². The minimum atomic E-state index is -0.207. The van der Waals surface area contributed by atoms with E-state index in [0.29, 0.717) is 5.56 Å². The van der Waals surface area contributed by atoms with Gasteiger partial charge < -0.3 is 10.3 Å². The Bertz CT molecular complexity index is 643. The Morgan fingerprint density at radius 2 is 2.05 bits per heavy atom. The summed E-state index contributed by atoms with van der Waals surface area (Å²) in [6.07, 6.45) is 6.31. The number of halogens is 1. The molecule has 3 rings (SSSR count). The van der Waals surface area contributed by atoms with Gasteiger partial charge in [0.25, 0.3) is 0 Å². The lowest BCUT2D eigenvalue weighted by Crippen LogP contribution is -2.13. The average molecular weight is 273 g/mol. The first-order valence-corrected chi connectivity index (χ1v) is 7.19. The average Bonchev–Trinajstić information content (AvgIpc) is 2.85. The Hall–Kier alpha value is -1.68. The predicted octanol–water partition coefficient (Wildman–Crippen LogP) is 3.22. The third-order valence-electron chi connectivity index (χ3n) is 4.09. The van der Waals surface area contributed by atoms with E-state index in [-0.39, 0.29) is 11.9 Å². The fourth-order valence-electron chi connectivity index (χ4n) is 2.93. The molecule has 1 heterocycles. The van der Waals surface area contributed by atoms with Crippen LogP contribution in [-0.2, 0) is 12.8 Å². The Balaban J connectivity index is 2.19. The number of rotatable bonds is 2. The van der Waals surface area contributed by atoms with Crippen molar-refractivity contribution in [3.8, 4) is 5.69 Å². The Morgan fingerprint density at radius 3 is 2.80 bits per heavy atom. The topological polar surface area (TPSA) is 43.8 Å². The van der Waals surface area contributed by atoms with Crippen molar-refractivity contribution in [3.63, 3.8) is 0 Å². The Kier molecular flexibility index (Phi) is 3.34. The highest BCUT2D eigenvalue weighted by atomic mass is 19.1. The SMILES string of the molecule is Cc1cc(-n2cnc3c2CCCC3)c([C@@H](C)N)cc1F. The molecule has 1 aliphatic carbocycles. The van der Waals surface area contributed by atoms with E-state index in [0.717, 1.165) is 24.1 Å². The van der Waals surface area contributed by atoms with Crippen molar-refractivity contribution in [2.45, 2.75) is 45.6 Å². The summed E-state index contributed by atoms with van der Waals surface area (Å²) in [6, 6.07) is 3.23. The Morgan fingerprint density at radius 1 is 1.30 bits per heavy atom. The van der Waals surface area contributed by atoms with Crippen molar-refractivity contribution < 1.29 is 4.39 Å². The minimum absolute atomic E-state index is 0.199. The van der Waals surface area contributed by atoms with Crippen molar-refractivity contribution in [3.05, 3.63) is 46.8 Å². The molecule has 2 aromatic rings. The van der Waals surface area contributed by atoms with Crippen LogP contribution in [0.15, 0.2) is 18.5 Å². The molecule has 0 unspecified atom stereocenters. The van der Waals surface area contributed by atoms with Gasteiger partial charge in [0.2, 0.25) is 0 Å². The molecular weight excluding hydrogens is 253 g/mol. The van der Waals surface area contributed by atoms with Crippen molar-refractivity contribution in [2.75, 3.05) is 0 Å². The summed E-state index contributed by atoms with van der Waals surface area (Å²) in [7, 11) is 0. The minimum Gasteiger partial charge on any atom is -0.324 e. The highest BCUT2D eigenvalue weighted by molar-refractivity contribution is 5.48. The quantitative estimate of drug-likeness (QED) is 0.913. The van der Waals surface area contributed by atoms with E-state index in [9.17, 15) is 4.39 Å². The fourth-order valence-corrected chi connectivity index (χ4v) is 2.93. The molecule has 20 heavy (non-hydrogen) atoms. The van der Waals surface area contributed by atoms with E-state index in [1.165, 1.54) is 24.2 Å². The van der Waals surface area contributed by atoms with Gasteiger partial charge in [-0.05, 0) is 62.8 Å². The van der Waals surface area contributed by atoms with Crippen LogP contribution in [0.5, 0.6) is 0 Å². The number of hydrogen-bond donors (Lipinski definition) is 1. The largest absolute Gasteiger partial charge is 0.324 e. The molecule has 1 aromatic carbocycles. The first-order valence-electron chi connectivity index (χ1n) is 7.19. The van der Waals surface area contributed by atoms with Gasteiger partial charge >= 0.3 is 0 Å². The number of nitrogens with two attached hydrogens (primary N) is 1. The summed E-state index contributed by atoms with van der Waals surface area (Å²) >= 11 is 0. The van der Waals surface area contributed by atoms with Crippen molar-refractivity contribution in [2.24, 2.45) is 5.73 Å². The summed E-state index contributed by atoms with van der Waals surface area (Å²) in [4.78, 5) is 4.51. The van der Waals surface area contributed by atoms with Crippen LogP contribution in [0.1, 0.15) is 48.3 Å². The van der Waals surface area contributed by atoms with Crippen LogP contribution in [0.4, 0.5) is 4.39 Å². The maximum atomic E-state index is 13.8. The first kappa shape index (κ1) is 13.3. The molecule has 3 nitrogen and oxygen atoms in total. The van der Waals surface area contributed by atoms with Gasteiger partial charge in [-0.1, -0.05) is 0 Å². The summed E-state index contributed by atoms with van der Waals surface area (Å²) in [5.74, 6) is -0.199. The molecule has 0 radical (unpaired) electrons.